The summed E-state index contributed by atoms with van der Waals surface area (Å²) in [6.07, 6.45) is 6.13. The molecular formula is C23H26BrF3N2O2. The van der Waals surface area contributed by atoms with Gasteiger partial charge in [-0.25, -0.2) is 0 Å². The van der Waals surface area contributed by atoms with Gasteiger partial charge in [-0.3, -0.25) is 9.59 Å². The fraction of sp³-hybridized carbons (Fsp3) is 0.565. The van der Waals surface area contributed by atoms with Gasteiger partial charge in [-0.2, -0.15) is 13.2 Å². The van der Waals surface area contributed by atoms with E-state index in [1.54, 1.807) is 0 Å². The number of hydrogen-bond acceptors (Lipinski definition) is 2. The number of rotatable bonds is 3. The van der Waals surface area contributed by atoms with Gasteiger partial charge in [0.15, 0.2) is 0 Å². The van der Waals surface area contributed by atoms with Crippen molar-refractivity contribution in [1.82, 2.24) is 4.90 Å². The Hall–Kier alpha value is -1.83. The molecule has 1 saturated heterocycles. The molecule has 168 valence electrons. The molecular weight excluding hydrogens is 473 g/mol. The van der Waals surface area contributed by atoms with Crippen molar-refractivity contribution in [3.63, 3.8) is 0 Å². The maximum atomic E-state index is 13.4. The normalized spacial score (nSPS) is 27.2. The maximum absolute atomic E-state index is 13.4. The second-order valence-corrected chi connectivity index (χ2v) is 9.61. The number of hydrogen-bond donors (Lipinski definition) is 1. The minimum Gasteiger partial charge on any atom is -0.339 e. The van der Waals surface area contributed by atoms with Crippen molar-refractivity contribution in [2.45, 2.75) is 57.2 Å². The van der Waals surface area contributed by atoms with Crippen LogP contribution < -0.4 is 5.32 Å². The average molecular weight is 499 g/mol. The maximum Gasteiger partial charge on any atom is 0.417 e. The van der Waals surface area contributed by atoms with E-state index in [-0.39, 0.29) is 28.0 Å². The Morgan fingerprint density at radius 3 is 2.58 bits per heavy atom. The number of allylic oxidation sites excluding steroid dienone is 2. The highest BCUT2D eigenvalue weighted by Gasteiger charge is 2.46. The molecule has 4 rings (SSSR count). The van der Waals surface area contributed by atoms with Gasteiger partial charge in [-0.05, 0) is 49.8 Å². The predicted octanol–water partition coefficient (Wildman–Crippen LogP) is 5.78. The van der Waals surface area contributed by atoms with Gasteiger partial charge in [-0.15, -0.1) is 0 Å². The van der Waals surface area contributed by atoms with Crippen molar-refractivity contribution in [3.8, 4) is 0 Å². The molecule has 1 N–H and O–H groups in total. The molecule has 0 spiro atoms. The first-order chi connectivity index (χ1) is 14.8. The summed E-state index contributed by atoms with van der Waals surface area (Å²) >= 11 is 2.91. The van der Waals surface area contributed by atoms with Crippen molar-refractivity contribution in [2.75, 3.05) is 11.9 Å². The van der Waals surface area contributed by atoms with Gasteiger partial charge >= 0.3 is 6.18 Å². The van der Waals surface area contributed by atoms with Crippen LogP contribution in [0, 0.1) is 17.8 Å². The second kappa shape index (κ2) is 8.96. The molecule has 1 aromatic carbocycles. The molecule has 2 amide bonds. The van der Waals surface area contributed by atoms with E-state index in [4.69, 9.17) is 0 Å². The van der Waals surface area contributed by atoms with Crippen LogP contribution in [-0.2, 0) is 15.8 Å². The number of carbonyl (C=O) groups excluding carboxylic acids is 2. The van der Waals surface area contributed by atoms with Crippen LogP contribution in [0.3, 0.4) is 0 Å². The molecule has 0 bridgehead atoms. The number of carbonyl (C=O) groups is 2. The quantitative estimate of drug-likeness (QED) is 0.537. The number of nitrogens with one attached hydrogen (secondary N) is 1. The summed E-state index contributed by atoms with van der Waals surface area (Å²) in [5.41, 5.74) is -0.761. The molecule has 1 saturated carbocycles. The molecule has 0 radical (unpaired) electrons. The third-order valence-corrected chi connectivity index (χ3v) is 7.52. The lowest BCUT2D eigenvalue weighted by atomic mass is 9.70. The van der Waals surface area contributed by atoms with Crippen molar-refractivity contribution in [3.05, 3.63) is 40.4 Å². The zero-order valence-corrected chi connectivity index (χ0v) is 18.7. The van der Waals surface area contributed by atoms with Crippen molar-refractivity contribution >= 4 is 33.4 Å². The first-order valence-corrected chi connectivity index (χ1v) is 11.7. The van der Waals surface area contributed by atoms with E-state index >= 15 is 0 Å². The third-order valence-electron chi connectivity index (χ3n) is 6.83. The molecule has 31 heavy (non-hydrogen) atoms. The summed E-state index contributed by atoms with van der Waals surface area (Å²) in [6, 6.07) is 3.88. The number of piperidine rings is 1. The van der Waals surface area contributed by atoms with Gasteiger partial charge in [-0.1, -0.05) is 47.3 Å². The highest BCUT2D eigenvalue weighted by Crippen LogP contribution is 2.41. The molecule has 0 unspecified atom stereocenters. The number of nitrogens with zero attached hydrogens (tertiary/aromatic N) is 1. The fourth-order valence-corrected chi connectivity index (χ4v) is 5.74. The van der Waals surface area contributed by atoms with Gasteiger partial charge in [0, 0.05) is 22.7 Å². The zero-order chi connectivity index (χ0) is 22.2. The Labute approximate surface area is 188 Å². The number of halogens is 4. The third kappa shape index (κ3) is 4.69. The first kappa shape index (κ1) is 22.4. The van der Waals surface area contributed by atoms with Gasteiger partial charge in [0.25, 0.3) is 0 Å². The van der Waals surface area contributed by atoms with E-state index < -0.39 is 29.5 Å². The number of amides is 2. The minimum absolute atomic E-state index is 0.00694. The summed E-state index contributed by atoms with van der Waals surface area (Å²) in [7, 11) is 0. The smallest absolute Gasteiger partial charge is 0.339 e. The predicted molar refractivity (Wildman–Crippen MR) is 115 cm³/mol. The van der Waals surface area contributed by atoms with E-state index in [0.717, 1.165) is 38.2 Å². The van der Waals surface area contributed by atoms with Crippen LogP contribution in [0.5, 0.6) is 0 Å². The summed E-state index contributed by atoms with van der Waals surface area (Å²) in [5, 5.41) is 2.63. The van der Waals surface area contributed by atoms with Crippen molar-refractivity contribution in [2.24, 2.45) is 17.8 Å². The Morgan fingerprint density at radius 2 is 1.87 bits per heavy atom. The van der Waals surface area contributed by atoms with Crippen LogP contribution >= 0.6 is 15.9 Å². The largest absolute Gasteiger partial charge is 0.417 e. The summed E-state index contributed by atoms with van der Waals surface area (Å²) in [4.78, 5) is 28.5. The van der Waals surface area contributed by atoms with E-state index in [1.165, 1.54) is 18.6 Å². The van der Waals surface area contributed by atoms with E-state index in [2.05, 4.69) is 21.2 Å². The number of benzene rings is 1. The Morgan fingerprint density at radius 1 is 1.13 bits per heavy atom. The van der Waals surface area contributed by atoms with Gasteiger partial charge in [0.2, 0.25) is 11.8 Å². The second-order valence-electron chi connectivity index (χ2n) is 8.75. The van der Waals surface area contributed by atoms with E-state index in [9.17, 15) is 22.8 Å². The zero-order valence-electron chi connectivity index (χ0n) is 17.1. The summed E-state index contributed by atoms with van der Waals surface area (Å²) in [6.45, 7) is 0.713. The Bertz CT molecular complexity index is 880. The summed E-state index contributed by atoms with van der Waals surface area (Å²) < 4.78 is 39.6. The van der Waals surface area contributed by atoms with Crippen LogP contribution in [0.2, 0.25) is 0 Å². The molecule has 2 fully saturated rings. The number of anilines is 1. The minimum atomic E-state index is -4.53. The molecule has 1 heterocycles. The van der Waals surface area contributed by atoms with Gasteiger partial charge in [0.05, 0.1) is 17.4 Å². The van der Waals surface area contributed by atoms with Crippen molar-refractivity contribution in [1.29, 1.82) is 0 Å². The highest BCUT2D eigenvalue weighted by molar-refractivity contribution is 9.10. The van der Waals surface area contributed by atoms with E-state index in [1.807, 2.05) is 17.1 Å². The SMILES string of the molecule is O=C(Nc1ccc(Br)c(C(F)(F)F)c1)[C@H]1CC=C[C@H]2CCN(C3CCCCC3)C(=O)[C@@H]12. The molecule has 0 aromatic heterocycles. The fourth-order valence-electron chi connectivity index (χ4n) is 5.27. The van der Waals surface area contributed by atoms with E-state index in [0.29, 0.717) is 13.0 Å². The lowest BCUT2D eigenvalue weighted by molar-refractivity contribution is -0.149. The number of fused-ring (bicyclic) bond motifs is 1. The van der Waals surface area contributed by atoms with Gasteiger partial charge < -0.3 is 10.2 Å². The topological polar surface area (TPSA) is 49.4 Å². The number of likely N-dealkylation sites (tertiary alicyclic amines) is 1. The summed E-state index contributed by atoms with van der Waals surface area (Å²) in [5.74, 6) is -1.38. The first-order valence-electron chi connectivity index (χ1n) is 10.9. The standard InChI is InChI=1S/C23H26BrF3N2O2/c24-19-10-9-15(13-18(19)23(25,26)27)28-21(30)17-8-4-5-14-11-12-29(22(31)20(14)17)16-6-2-1-3-7-16/h4-5,9-10,13-14,16-17,20H,1-3,6-8,11-12H2,(H,28,30)/t14-,17-,20+/m0/s1. The van der Waals surface area contributed by atoms with Crippen LogP contribution in [0.15, 0.2) is 34.8 Å². The van der Waals surface area contributed by atoms with Crippen LogP contribution in [-0.4, -0.2) is 29.3 Å². The average Bonchev–Trinajstić information content (AvgIpc) is 2.75. The Balaban J connectivity index is 1.52. The van der Waals surface area contributed by atoms with Crippen LogP contribution in [0.4, 0.5) is 18.9 Å². The van der Waals surface area contributed by atoms with Crippen LogP contribution in [0.25, 0.3) is 0 Å². The molecule has 2 aliphatic carbocycles. The molecule has 3 atom stereocenters. The lowest BCUT2D eigenvalue weighted by Gasteiger charge is -2.45. The number of alkyl halides is 3. The molecule has 1 aliphatic heterocycles. The molecule has 8 heteroatoms. The Kier molecular flexibility index (Phi) is 6.47. The van der Waals surface area contributed by atoms with Crippen LogP contribution in [0.1, 0.15) is 50.5 Å². The monoisotopic (exact) mass is 498 g/mol. The lowest BCUT2D eigenvalue weighted by Crippen LogP contribution is -2.54. The highest BCUT2D eigenvalue weighted by atomic mass is 79.9. The van der Waals surface area contributed by atoms with Gasteiger partial charge in [0.1, 0.15) is 0 Å². The molecule has 4 nitrogen and oxygen atoms in total. The molecule has 3 aliphatic rings. The molecule has 1 aromatic rings. The van der Waals surface area contributed by atoms with Crippen molar-refractivity contribution < 1.29 is 22.8 Å².